The molecule has 0 aromatic carbocycles. The molecule has 0 bridgehead atoms. The summed E-state index contributed by atoms with van der Waals surface area (Å²) >= 11 is 0. The summed E-state index contributed by atoms with van der Waals surface area (Å²) in [6, 6.07) is 1.96. The van der Waals surface area contributed by atoms with E-state index in [9.17, 15) is 18.0 Å². The van der Waals surface area contributed by atoms with E-state index in [4.69, 9.17) is 0 Å². The van der Waals surface area contributed by atoms with Crippen molar-refractivity contribution in [3.05, 3.63) is 29.6 Å². The standard InChI is InChI=1S/C15H21F3N2O/c1-3-4-5-11(2)14(21)20-9-7-13-10-12(6-8-19-13)15(16,17)18/h6,8,10-11H,3-5,7,9H2,1-2H3,(H,20,21)/t11-/m1/s1. The Morgan fingerprint density at radius 2 is 2.14 bits per heavy atom. The van der Waals surface area contributed by atoms with Crippen molar-refractivity contribution < 1.29 is 18.0 Å². The van der Waals surface area contributed by atoms with Gasteiger partial charge < -0.3 is 5.32 Å². The topological polar surface area (TPSA) is 42.0 Å². The second-order valence-corrected chi connectivity index (χ2v) is 5.12. The molecule has 0 fully saturated rings. The highest BCUT2D eigenvalue weighted by atomic mass is 19.4. The highest BCUT2D eigenvalue weighted by molar-refractivity contribution is 5.78. The molecular formula is C15H21F3N2O. The average molecular weight is 302 g/mol. The first kappa shape index (κ1) is 17.5. The van der Waals surface area contributed by atoms with Gasteiger partial charge in [0.2, 0.25) is 5.91 Å². The van der Waals surface area contributed by atoms with Gasteiger partial charge in [0.05, 0.1) is 5.56 Å². The summed E-state index contributed by atoms with van der Waals surface area (Å²) in [5, 5.41) is 2.74. The number of alkyl halides is 3. The van der Waals surface area contributed by atoms with Crippen LogP contribution in [0, 0.1) is 5.92 Å². The highest BCUT2D eigenvalue weighted by Crippen LogP contribution is 2.28. The minimum absolute atomic E-state index is 0.0598. The van der Waals surface area contributed by atoms with E-state index in [2.05, 4.69) is 17.2 Å². The van der Waals surface area contributed by atoms with E-state index in [-0.39, 0.29) is 18.2 Å². The third-order valence-corrected chi connectivity index (χ3v) is 3.26. The van der Waals surface area contributed by atoms with Gasteiger partial charge >= 0.3 is 6.18 Å². The van der Waals surface area contributed by atoms with Gasteiger partial charge in [0.1, 0.15) is 0 Å². The Hall–Kier alpha value is -1.59. The molecule has 0 radical (unpaired) electrons. The van der Waals surface area contributed by atoms with E-state index in [1.54, 1.807) is 0 Å². The lowest BCUT2D eigenvalue weighted by molar-refractivity contribution is -0.137. The van der Waals surface area contributed by atoms with Gasteiger partial charge in [-0.05, 0) is 18.6 Å². The fraction of sp³-hybridized carbons (Fsp3) is 0.600. The van der Waals surface area contributed by atoms with Crippen LogP contribution in [0.25, 0.3) is 0 Å². The van der Waals surface area contributed by atoms with Gasteiger partial charge in [-0.1, -0.05) is 26.7 Å². The van der Waals surface area contributed by atoms with Gasteiger partial charge in [0.15, 0.2) is 0 Å². The average Bonchev–Trinajstić information content (AvgIpc) is 2.44. The Labute approximate surface area is 123 Å². The van der Waals surface area contributed by atoms with Crippen LogP contribution in [0.1, 0.15) is 44.4 Å². The van der Waals surface area contributed by atoms with Crippen molar-refractivity contribution in [3.63, 3.8) is 0 Å². The molecule has 0 saturated heterocycles. The maximum absolute atomic E-state index is 12.5. The van der Waals surface area contributed by atoms with Gasteiger partial charge in [-0.25, -0.2) is 0 Å². The van der Waals surface area contributed by atoms with Crippen LogP contribution in [0.4, 0.5) is 13.2 Å². The number of nitrogens with zero attached hydrogens (tertiary/aromatic N) is 1. The summed E-state index contributed by atoms with van der Waals surface area (Å²) < 4.78 is 37.6. The number of carbonyl (C=O) groups is 1. The van der Waals surface area contributed by atoms with Crippen molar-refractivity contribution in [1.29, 1.82) is 0 Å². The number of aromatic nitrogens is 1. The van der Waals surface area contributed by atoms with E-state index in [1.165, 1.54) is 0 Å². The van der Waals surface area contributed by atoms with Crippen molar-refractivity contribution in [2.24, 2.45) is 5.92 Å². The third-order valence-electron chi connectivity index (χ3n) is 3.26. The molecule has 0 aliphatic carbocycles. The van der Waals surface area contributed by atoms with Crippen LogP contribution in [0.15, 0.2) is 18.3 Å². The zero-order chi connectivity index (χ0) is 15.9. The molecule has 3 nitrogen and oxygen atoms in total. The first-order chi connectivity index (χ1) is 9.84. The van der Waals surface area contributed by atoms with Gasteiger partial charge in [-0.15, -0.1) is 0 Å². The summed E-state index contributed by atoms with van der Waals surface area (Å²) in [6.45, 7) is 4.21. The summed E-state index contributed by atoms with van der Waals surface area (Å²) in [5.41, 5.74) is -0.388. The van der Waals surface area contributed by atoms with Crippen LogP contribution >= 0.6 is 0 Å². The van der Waals surface area contributed by atoms with Crippen molar-refractivity contribution in [2.75, 3.05) is 6.54 Å². The molecule has 21 heavy (non-hydrogen) atoms. The van der Waals surface area contributed by atoms with Gasteiger partial charge in [0.25, 0.3) is 0 Å². The molecule has 0 unspecified atom stereocenters. The zero-order valence-corrected chi connectivity index (χ0v) is 12.3. The Morgan fingerprint density at radius 1 is 1.43 bits per heavy atom. The second-order valence-electron chi connectivity index (χ2n) is 5.12. The molecule has 1 aromatic heterocycles. The van der Waals surface area contributed by atoms with Gasteiger partial charge in [0, 0.05) is 30.8 Å². The number of pyridine rings is 1. The van der Waals surface area contributed by atoms with Gasteiger partial charge in [-0.3, -0.25) is 9.78 Å². The molecule has 1 atom stereocenters. The summed E-state index contributed by atoms with van der Waals surface area (Å²) in [4.78, 5) is 15.6. The molecule has 1 N–H and O–H groups in total. The summed E-state index contributed by atoms with van der Waals surface area (Å²) in [6.07, 6.45) is -0.0880. The number of carbonyl (C=O) groups excluding carboxylic acids is 1. The molecule has 1 rings (SSSR count). The quantitative estimate of drug-likeness (QED) is 0.836. The molecule has 1 heterocycles. The number of halogens is 3. The number of nitrogens with one attached hydrogen (secondary N) is 1. The molecule has 118 valence electrons. The molecule has 0 saturated carbocycles. The van der Waals surface area contributed by atoms with E-state index in [0.29, 0.717) is 12.2 Å². The van der Waals surface area contributed by atoms with Crippen LogP contribution in [0.3, 0.4) is 0 Å². The van der Waals surface area contributed by atoms with Crippen molar-refractivity contribution in [1.82, 2.24) is 10.3 Å². The smallest absolute Gasteiger partial charge is 0.355 e. The third kappa shape index (κ3) is 6.14. The largest absolute Gasteiger partial charge is 0.416 e. The molecule has 0 aliphatic heterocycles. The normalized spacial score (nSPS) is 13.0. The number of amides is 1. The maximum Gasteiger partial charge on any atom is 0.416 e. The van der Waals surface area contributed by atoms with Crippen molar-refractivity contribution in [3.8, 4) is 0 Å². The number of rotatable bonds is 7. The summed E-state index contributed by atoms with van der Waals surface area (Å²) in [5.74, 6) is -0.130. The molecular weight excluding hydrogens is 281 g/mol. The predicted octanol–water partition coefficient (Wildman–Crippen LogP) is 3.59. The number of hydrogen-bond acceptors (Lipinski definition) is 2. The fourth-order valence-corrected chi connectivity index (χ4v) is 1.92. The Bertz CT molecular complexity index is 460. The van der Waals surface area contributed by atoms with E-state index in [0.717, 1.165) is 37.6 Å². The van der Waals surface area contributed by atoms with E-state index < -0.39 is 11.7 Å². The number of unbranched alkanes of at least 4 members (excludes halogenated alkanes) is 1. The van der Waals surface area contributed by atoms with E-state index >= 15 is 0 Å². The monoisotopic (exact) mass is 302 g/mol. The summed E-state index contributed by atoms with van der Waals surface area (Å²) in [7, 11) is 0. The molecule has 0 spiro atoms. The lowest BCUT2D eigenvalue weighted by atomic mass is 10.0. The van der Waals surface area contributed by atoms with E-state index in [1.807, 2.05) is 6.92 Å². The number of hydrogen-bond donors (Lipinski definition) is 1. The van der Waals surface area contributed by atoms with Crippen molar-refractivity contribution >= 4 is 5.91 Å². The van der Waals surface area contributed by atoms with Crippen molar-refractivity contribution in [2.45, 2.75) is 45.7 Å². The Kier molecular flexibility index (Phi) is 6.65. The SMILES string of the molecule is CCCC[C@@H](C)C(=O)NCCc1cc(C(F)(F)F)ccn1. The fourth-order valence-electron chi connectivity index (χ4n) is 1.92. The first-order valence-electron chi connectivity index (χ1n) is 7.14. The van der Waals surface area contributed by atoms with Crippen LogP contribution < -0.4 is 5.32 Å². The lowest BCUT2D eigenvalue weighted by Crippen LogP contribution is -2.31. The predicted molar refractivity (Wildman–Crippen MR) is 74.6 cm³/mol. The molecule has 6 heteroatoms. The zero-order valence-electron chi connectivity index (χ0n) is 12.3. The minimum atomic E-state index is -4.37. The first-order valence-corrected chi connectivity index (χ1v) is 7.14. The van der Waals surface area contributed by atoms with Crippen LogP contribution in [0.2, 0.25) is 0 Å². The van der Waals surface area contributed by atoms with Crippen LogP contribution in [0.5, 0.6) is 0 Å². The lowest BCUT2D eigenvalue weighted by Gasteiger charge is -2.12. The second kappa shape index (κ2) is 8.00. The van der Waals surface area contributed by atoms with Crippen LogP contribution in [-0.4, -0.2) is 17.4 Å². The highest BCUT2D eigenvalue weighted by Gasteiger charge is 2.30. The molecule has 1 amide bonds. The maximum atomic E-state index is 12.5. The van der Waals surface area contributed by atoms with Gasteiger partial charge in [-0.2, -0.15) is 13.2 Å². The Balaban J connectivity index is 2.44. The Morgan fingerprint density at radius 3 is 2.76 bits per heavy atom. The molecule has 0 aliphatic rings. The van der Waals surface area contributed by atoms with Crippen LogP contribution in [-0.2, 0) is 17.4 Å². The molecule has 1 aromatic rings. The minimum Gasteiger partial charge on any atom is -0.355 e.